The lowest BCUT2D eigenvalue weighted by Crippen LogP contribution is -1.78. The topological polar surface area (TPSA) is 0 Å². The Balaban J connectivity index is 0.000000602. The Bertz CT molecular complexity index is 962. The van der Waals surface area contributed by atoms with E-state index in [-0.39, 0.29) is 0 Å². The molecule has 5 rings (SSSR count). The van der Waals surface area contributed by atoms with E-state index in [1.165, 1.54) is 43.4 Å². The zero-order valence-electron chi connectivity index (χ0n) is 12.9. The molecule has 0 saturated heterocycles. The van der Waals surface area contributed by atoms with Gasteiger partial charge >= 0.3 is 0 Å². The first-order valence-electron chi connectivity index (χ1n) is 7.98. The van der Waals surface area contributed by atoms with Crippen molar-refractivity contribution in [3.63, 3.8) is 0 Å². The minimum absolute atomic E-state index is 1.33. The van der Waals surface area contributed by atoms with E-state index in [1.54, 1.807) is 0 Å². The van der Waals surface area contributed by atoms with Gasteiger partial charge in [-0.2, -0.15) is 0 Å². The van der Waals surface area contributed by atoms with Gasteiger partial charge in [0.25, 0.3) is 0 Å². The van der Waals surface area contributed by atoms with Crippen molar-refractivity contribution in [1.29, 1.82) is 0 Å². The lowest BCUT2D eigenvalue weighted by atomic mass is 9.98. The fourth-order valence-corrected chi connectivity index (χ4v) is 3.55. The maximum atomic E-state index is 2.27. The fourth-order valence-electron chi connectivity index (χ4n) is 3.55. The molecule has 0 saturated carbocycles. The number of fused-ring (bicyclic) bond motifs is 3. The van der Waals surface area contributed by atoms with Crippen molar-refractivity contribution in [3.8, 4) is 11.1 Å². The molecule has 3 aromatic rings. The normalized spacial score (nSPS) is 11.2. The summed E-state index contributed by atoms with van der Waals surface area (Å²) in [4.78, 5) is 0. The summed E-state index contributed by atoms with van der Waals surface area (Å²) in [6, 6.07) is 26.4. The van der Waals surface area contributed by atoms with E-state index in [4.69, 9.17) is 0 Å². The summed E-state index contributed by atoms with van der Waals surface area (Å²) in [5, 5.41) is 8.23. The van der Waals surface area contributed by atoms with Crippen LogP contribution in [0.3, 0.4) is 0 Å². The van der Waals surface area contributed by atoms with E-state index in [0.717, 1.165) is 0 Å². The highest BCUT2D eigenvalue weighted by atomic mass is 14.2. The van der Waals surface area contributed by atoms with Gasteiger partial charge in [-0.3, -0.25) is 0 Å². The molecule has 0 amide bonds. The van der Waals surface area contributed by atoms with Gasteiger partial charge in [-0.15, -0.1) is 0 Å². The van der Waals surface area contributed by atoms with Crippen LogP contribution >= 0.6 is 0 Å². The van der Waals surface area contributed by atoms with Crippen LogP contribution in [0.5, 0.6) is 0 Å². The molecule has 0 nitrogen and oxygen atoms in total. The van der Waals surface area contributed by atoms with Crippen molar-refractivity contribution in [2.75, 3.05) is 0 Å². The average molecular weight is 282 g/mol. The Labute approximate surface area is 130 Å². The molecule has 0 bridgehead atoms. The summed E-state index contributed by atoms with van der Waals surface area (Å²) in [5.74, 6) is 0. The van der Waals surface area contributed by atoms with Crippen LogP contribution in [-0.2, 0) is 0 Å². The molecule has 0 atom stereocenters. The van der Waals surface area contributed by atoms with Crippen molar-refractivity contribution in [2.24, 2.45) is 0 Å². The van der Waals surface area contributed by atoms with Crippen LogP contribution in [0.1, 0.15) is 13.8 Å². The first kappa shape index (κ1) is 13.1. The monoisotopic (exact) mass is 282 g/mol. The second-order valence-corrected chi connectivity index (χ2v) is 5.42. The highest BCUT2D eigenvalue weighted by molar-refractivity contribution is 6.30. The maximum Gasteiger partial charge on any atom is -0.00143 e. The Hall–Kier alpha value is -2.60. The SMILES string of the molecule is CC.c1ccc2c3ccc4cccc5ccc(c-2cc1)c3c45. The van der Waals surface area contributed by atoms with E-state index in [1.807, 2.05) is 13.8 Å². The molecule has 0 spiro atoms. The Morgan fingerprint density at radius 1 is 0.455 bits per heavy atom. The smallest absolute Gasteiger partial charge is 0.00143 e. The zero-order valence-corrected chi connectivity index (χ0v) is 12.9. The van der Waals surface area contributed by atoms with Crippen LogP contribution in [0, 0.1) is 0 Å². The molecule has 0 aliphatic heterocycles. The van der Waals surface area contributed by atoms with Crippen LogP contribution < -0.4 is 0 Å². The van der Waals surface area contributed by atoms with Crippen molar-refractivity contribution in [3.05, 3.63) is 72.8 Å². The van der Waals surface area contributed by atoms with Crippen molar-refractivity contribution < 1.29 is 0 Å². The Kier molecular flexibility index (Phi) is 2.97. The molecule has 0 heterocycles. The summed E-state index contributed by atoms with van der Waals surface area (Å²) < 4.78 is 0. The summed E-state index contributed by atoms with van der Waals surface area (Å²) in [6.45, 7) is 4.00. The zero-order chi connectivity index (χ0) is 15.1. The lowest BCUT2D eigenvalue weighted by molar-refractivity contribution is 1.50. The van der Waals surface area contributed by atoms with Crippen molar-refractivity contribution in [2.45, 2.75) is 13.8 Å². The second kappa shape index (κ2) is 4.99. The number of hydrogen-bond acceptors (Lipinski definition) is 0. The molecule has 0 unspecified atom stereocenters. The summed E-state index contributed by atoms with van der Waals surface area (Å²) in [5.41, 5.74) is 2.70. The minimum atomic E-state index is 1.33. The first-order valence-corrected chi connectivity index (χ1v) is 7.98. The third-order valence-electron chi connectivity index (χ3n) is 4.40. The van der Waals surface area contributed by atoms with Gasteiger partial charge in [0.15, 0.2) is 0 Å². The standard InChI is InChI=1S/C20H12.C2H6/c1-2-7-15-16(8-3-1)18-12-10-14-6-4-5-13-9-11-17(15)20(18)19(13)14;1-2/h1-12H;1-2H3. The molecule has 2 aliphatic rings. The number of hydrogen-bond donors (Lipinski definition) is 0. The maximum absolute atomic E-state index is 2.27. The summed E-state index contributed by atoms with van der Waals surface area (Å²) in [6.07, 6.45) is 0. The van der Waals surface area contributed by atoms with Crippen molar-refractivity contribution in [1.82, 2.24) is 0 Å². The van der Waals surface area contributed by atoms with E-state index < -0.39 is 0 Å². The second-order valence-electron chi connectivity index (χ2n) is 5.42. The average Bonchev–Trinajstić information content (AvgIpc) is 2.74. The molecule has 3 aromatic carbocycles. The predicted molar refractivity (Wildman–Crippen MR) is 98.1 cm³/mol. The highest BCUT2D eigenvalue weighted by Gasteiger charge is 2.16. The van der Waals surface area contributed by atoms with Gasteiger partial charge < -0.3 is 0 Å². The largest absolute Gasteiger partial charge is 0.0683 e. The molecule has 0 heteroatoms. The van der Waals surface area contributed by atoms with Crippen LogP contribution in [0.2, 0.25) is 0 Å². The molecule has 22 heavy (non-hydrogen) atoms. The highest BCUT2D eigenvalue weighted by Crippen LogP contribution is 2.44. The third-order valence-corrected chi connectivity index (χ3v) is 4.40. The van der Waals surface area contributed by atoms with Gasteiger partial charge in [0.1, 0.15) is 0 Å². The quantitative estimate of drug-likeness (QED) is 0.296. The minimum Gasteiger partial charge on any atom is -0.0683 e. The molecular weight excluding hydrogens is 264 g/mol. The van der Waals surface area contributed by atoms with Gasteiger partial charge in [-0.05, 0) is 43.4 Å². The Morgan fingerprint density at radius 2 is 1.00 bits per heavy atom. The van der Waals surface area contributed by atoms with Gasteiger partial charge in [0, 0.05) is 0 Å². The van der Waals surface area contributed by atoms with Gasteiger partial charge in [0.05, 0.1) is 0 Å². The first-order chi connectivity index (χ1) is 10.9. The van der Waals surface area contributed by atoms with Crippen LogP contribution in [0.25, 0.3) is 43.4 Å². The molecule has 0 fully saturated rings. The number of rotatable bonds is 0. The third kappa shape index (κ3) is 1.64. The molecule has 106 valence electrons. The van der Waals surface area contributed by atoms with Gasteiger partial charge in [-0.1, -0.05) is 86.6 Å². The van der Waals surface area contributed by atoms with Crippen LogP contribution in [-0.4, -0.2) is 0 Å². The van der Waals surface area contributed by atoms with Crippen LogP contribution in [0.4, 0.5) is 0 Å². The van der Waals surface area contributed by atoms with E-state index in [0.29, 0.717) is 0 Å². The van der Waals surface area contributed by atoms with Crippen LogP contribution in [0.15, 0.2) is 72.8 Å². The Morgan fingerprint density at radius 3 is 1.55 bits per heavy atom. The van der Waals surface area contributed by atoms with Gasteiger partial charge in [-0.25, -0.2) is 0 Å². The molecule has 0 radical (unpaired) electrons. The number of benzene rings is 3. The van der Waals surface area contributed by atoms with Gasteiger partial charge in [0.2, 0.25) is 0 Å². The fraction of sp³-hybridized carbons (Fsp3) is 0.0909. The summed E-state index contributed by atoms with van der Waals surface area (Å²) >= 11 is 0. The summed E-state index contributed by atoms with van der Waals surface area (Å²) in [7, 11) is 0. The molecule has 2 aliphatic carbocycles. The predicted octanol–water partition coefficient (Wildman–Crippen LogP) is 6.72. The lowest BCUT2D eigenvalue weighted by Gasteiger charge is -2.05. The van der Waals surface area contributed by atoms with Crippen molar-refractivity contribution >= 4 is 32.3 Å². The van der Waals surface area contributed by atoms with E-state index in [2.05, 4.69) is 72.8 Å². The molecule has 0 aromatic heterocycles. The molecule has 0 N–H and O–H groups in total. The van der Waals surface area contributed by atoms with E-state index >= 15 is 0 Å². The molecular formula is C22H18. The van der Waals surface area contributed by atoms with E-state index in [9.17, 15) is 0 Å².